The largest absolute Gasteiger partial charge is 0.273 e. The van der Waals surface area contributed by atoms with Gasteiger partial charge in [0.25, 0.3) is 0 Å². The van der Waals surface area contributed by atoms with Crippen LogP contribution < -0.4 is 0 Å². The molecule has 2 atom stereocenters. The molecule has 0 fully saturated rings. The molecule has 0 aliphatic carbocycles. The predicted molar refractivity (Wildman–Crippen MR) is 101 cm³/mol. The summed E-state index contributed by atoms with van der Waals surface area (Å²) in [7, 11) is 0. The number of nitrogens with zero attached hydrogens (tertiary/aromatic N) is 2. The number of carbonyl (C=O) groups is 1. The van der Waals surface area contributed by atoms with Crippen molar-refractivity contribution in [2.24, 2.45) is 11.0 Å². The Morgan fingerprint density at radius 1 is 1.32 bits per heavy atom. The van der Waals surface area contributed by atoms with Crippen molar-refractivity contribution in [2.75, 3.05) is 5.75 Å². The molecule has 2 aromatic rings. The van der Waals surface area contributed by atoms with Gasteiger partial charge in [0.05, 0.1) is 5.71 Å². The van der Waals surface area contributed by atoms with Gasteiger partial charge in [-0.2, -0.15) is 5.10 Å². The van der Waals surface area contributed by atoms with E-state index in [0.717, 1.165) is 26.8 Å². The quantitative estimate of drug-likeness (QED) is 0.729. The van der Waals surface area contributed by atoms with Crippen LogP contribution in [0.15, 0.2) is 57.4 Å². The number of rotatable bonds is 2. The third kappa shape index (κ3) is 3.18. The molecule has 7 heteroatoms. The Morgan fingerprint density at radius 2 is 2.08 bits per heavy atom. The number of thioether (sulfide) groups is 2. The summed E-state index contributed by atoms with van der Waals surface area (Å²) < 4.78 is 13.2. The number of benzene rings is 2. The second-order valence-corrected chi connectivity index (χ2v) is 8.56. The van der Waals surface area contributed by atoms with Crippen LogP contribution in [0.25, 0.3) is 0 Å². The molecule has 0 aromatic heterocycles. The lowest BCUT2D eigenvalue weighted by atomic mass is 9.98. The van der Waals surface area contributed by atoms with Gasteiger partial charge in [0.2, 0.25) is 5.91 Å². The molecule has 2 aliphatic rings. The van der Waals surface area contributed by atoms with Gasteiger partial charge in [0.1, 0.15) is 11.2 Å². The van der Waals surface area contributed by atoms with E-state index < -0.39 is 0 Å². The molecule has 128 valence electrons. The maximum Gasteiger partial charge on any atom is 0.240 e. The van der Waals surface area contributed by atoms with Crippen molar-refractivity contribution in [3.63, 3.8) is 0 Å². The van der Waals surface area contributed by atoms with E-state index in [4.69, 9.17) is 11.6 Å². The van der Waals surface area contributed by atoms with Crippen LogP contribution in [0.2, 0.25) is 5.02 Å². The summed E-state index contributed by atoms with van der Waals surface area (Å²) in [6, 6.07) is 12.1. The molecule has 0 radical (unpaired) electrons. The van der Waals surface area contributed by atoms with Crippen molar-refractivity contribution >= 4 is 46.7 Å². The van der Waals surface area contributed by atoms with Crippen LogP contribution in [0, 0.1) is 11.7 Å². The minimum absolute atomic E-state index is 0.102. The van der Waals surface area contributed by atoms with Gasteiger partial charge in [0, 0.05) is 39.0 Å². The molecule has 2 aliphatic heterocycles. The van der Waals surface area contributed by atoms with Gasteiger partial charge >= 0.3 is 0 Å². The van der Waals surface area contributed by atoms with Gasteiger partial charge in [-0.3, -0.25) is 4.79 Å². The first-order valence-corrected chi connectivity index (χ1v) is 10.0. The zero-order valence-corrected chi connectivity index (χ0v) is 15.7. The maximum absolute atomic E-state index is 13.2. The molecular formula is C18H14ClFN2OS2. The number of hydrazone groups is 1. The number of amides is 1. The summed E-state index contributed by atoms with van der Waals surface area (Å²) in [5.41, 5.74) is 1.91. The van der Waals surface area contributed by atoms with Crippen molar-refractivity contribution in [2.45, 2.75) is 22.1 Å². The van der Waals surface area contributed by atoms with Crippen LogP contribution in [0.1, 0.15) is 12.5 Å². The van der Waals surface area contributed by atoms with E-state index in [-0.39, 0.29) is 23.0 Å². The monoisotopic (exact) mass is 392 g/mol. The molecule has 2 heterocycles. The first-order valence-electron chi connectivity index (χ1n) is 7.76. The van der Waals surface area contributed by atoms with E-state index in [9.17, 15) is 9.18 Å². The number of halogens is 2. The predicted octanol–water partition coefficient (Wildman–Crippen LogP) is 4.89. The van der Waals surface area contributed by atoms with E-state index >= 15 is 0 Å². The van der Waals surface area contributed by atoms with Crippen molar-refractivity contribution in [1.29, 1.82) is 0 Å². The van der Waals surface area contributed by atoms with Crippen LogP contribution >= 0.6 is 35.1 Å². The SMILES string of the molecule is CC(=O)N1N=C2c3cc(Cl)ccc3SC[C@@H]2[C@@H]1Sc1ccc(F)cc1. The van der Waals surface area contributed by atoms with Crippen molar-refractivity contribution in [3.8, 4) is 0 Å². The zero-order valence-electron chi connectivity index (χ0n) is 13.3. The third-order valence-electron chi connectivity index (χ3n) is 4.18. The van der Waals surface area contributed by atoms with E-state index in [1.165, 1.54) is 30.8 Å². The van der Waals surface area contributed by atoms with Crippen LogP contribution in [-0.4, -0.2) is 27.8 Å². The fourth-order valence-electron chi connectivity index (χ4n) is 3.01. The van der Waals surface area contributed by atoms with Gasteiger partial charge in [0.15, 0.2) is 0 Å². The van der Waals surface area contributed by atoms with Crippen molar-refractivity contribution in [3.05, 3.63) is 58.9 Å². The van der Waals surface area contributed by atoms with Crippen molar-refractivity contribution < 1.29 is 9.18 Å². The third-order valence-corrected chi connectivity index (χ3v) is 6.92. The first-order chi connectivity index (χ1) is 12.0. The Hall–Kier alpha value is -1.50. The fourth-order valence-corrected chi connectivity index (χ4v) is 5.74. The average Bonchev–Trinajstić information content (AvgIpc) is 2.96. The minimum atomic E-state index is -0.270. The van der Waals surface area contributed by atoms with E-state index in [2.05, 4.69) is 5.10 Å². The van der Waals surface area contributed by atoms with Gasteiger partial charge in [-0.1, -0.05) is 23.4 Å². The van der Waals surface area contributed by atoms with Gasteiger partial charge < -0.3 is 0 Å². The van der Waals surface area contributed by atoms with Crippen LogP contribution in [0.5, 0.6) is 0 Å². The summed E-state index contributed by atoms with van der Waals surface area (Å²) >= 11 is 9.45. The summed E-state index contributed by atoms with van der Waals surface area (Å²) in [6.45, 7) is 1.52. The maximum atomic E-state index is 13.2. The number of carbonyl (C=O) groups excluding carboxylic acids is 1. The topological polar surface area (TPSA) is 32.7 Å². The lowest BCUT2D eigenvalue weighted by Crippen LogP contribution is -2.35. The zero-order chi connectivity index (χ0) is 17.6. The lowest BCUT2D eigenvalue weighted by Gasteiger charge is -2.28. The van der Waals surface area contributed by atoms with Gasteiger partial charge in [-0.25, -0.2) is 9.40 Å². The van der Waals surface area contributed by atoms with Crippen LogP contribution in [0.3, 0.4) is 0 Å². The summed E-state index contributed by atoms with van der Waals surface area (Å²) in [5, 5.41) is 6.68. The molecule has 0 unspecified atom stereocenters. The minimum Gasteiger partial charge on any atom is -0.273 e. The lowest BCUT2D eigenvalue weighted by molar-refractivity contribution is -0.129. The average molecular weight is 393 g/mol. The molecule has 0 spiro atoms. The second kappa shape index (κ2) is 6.67. The molecule has 0 bridgehead atoms. The summed E-state index contributed by atoms with van der Waals surface area (Å²) in [6.07, 6.45) is 0. The Morgan fingerprint density at radius 3 is 2.80 bits per heavy atom. The second-order valence-electron chi connectivity index (χ2n) is 5.87. The highest BCUT2D eigenvalue weighted by Gasteiger charge is 2.43. The van der Waals surface area contributed by atoms with Crippen LogP contribution in [0.4, 0.5) is 4.39 Å². The highest BCUT2D eigenvalue weighted by Crippen LogP contribution is 2.45. The Balaban J connectivity index is 1.70. The van der Waals surface area contributed by atoms with E-state index in [1.54, 1.807) is 28.9 Å². The molecule has 0 N–H and O–H groups in total. The standard InChI is InChI=1S/C18H14ClFN2OS2/c1-10(23)22-18(25-13-5-3-12(20)4-6-13)15-9-24-16-7-2-11(19)8-14(16)17(15)21-22/h2-8,15,18H,9H2,1H3/t15-,18-/m0/s1. The molecule has 0 saturated heterocycles. The molecule has 0 saturated carbocycles. The fraction of sp³-hybridized carbons (Fsp3) is 0.222. The molecule has 4 rings (SSSR count). The molecule has 1 amide bonds. The van der Waals surface area contributed by atoms with Gasteiger partial charge in [-0.05, 0) is 42.5 Å². The molecule has 3 nitrogen and oxygen atoms in total. The number of hydrogen-bond donors (Lipinski definition) is 0. The Labute approximate surface area is 158 Å². The molecular weight excluding hydrogens is 379 g/mol. The van der Waals surface area contributed by atoms with E-state index in [1.807, 2.05) is 18.2 Å². The number of hydrogen-bond acceptors (Lipinski definition) is 4. The molecule has 2 aromatic carbocycles. The van der Waals surface area contributed by atoms with Crippen molar-refractivity contribution in [1.82, 2.24) is 5.01 Å². The highest BCUT2D eigenvalue weighted by molar-refractivity contribution is 8.00. The molecule has 25 heavy (non-hydrogen) atoms. The number of fused-ring (bicyclic) bond motifs is 3. The Kier molecular flexibility index (Phi) is 4.52. The summed E-state index contributed by atoms with van der Waals surface area (Å²) in [4.78, 5) is 14.2. The van der Waals surface area contributed by atoms with Gasteiger partial charge in [-0.15, -0.1) is 11.8 Å². The first kappa shape index (κ1) is 16.9. The smallest absolute Gasteiger partial charge is 0.240 e. The summed E-state index contributed by atoms with van der Waals surface area (Å²) in [5.74, 6) is 0.578. The Bertz CT molecular complexity index is 872. The normalized spacial score (nSPS) is 21.6. The van der Waals surface area contributed by atoms with E-state index in [0.29, 0.717) is 5.02 Å². The van der Waals surface area contributed by atoms with Crippen LogP contribution in [-0.2, 0) is 4.79 Å². The highest BCUT2D eigenvalue weighted by atomic mass is 35.5.